The summed E-state index contributed by atoms with van der Waals surface area (Å²) in [6.07, 6.45) is -2.42. The summed E-state index contributed by atoms with van der Waals surface area (Å²) in [4.78, 5) is 4.17. The van der Waals surface area contributed by atoms with Crippen LogP contribution in [0.3, 0.4) is 0 Å². The average Bonchev–Trinajstić information content (AvgIpc) is 3.11. The summed E-state index contributed by atoms with van der Waals surface area (Å²) >= 11 is 0. The molecule has 162 valence electrons. The number of aliphatic imine (C=N–C) groups is 1. The van der Waals surface area contributed by atoms with Crippen LogP contribution >= 0.6 is 24.0 Å². The Labute approximate surface area is 188 Å². The maximum absolute atomic E-state index is 12.1. The van der Waals surface area contributed by atoms with Crippen molar-refractivity contribution in [1.29, 1.82) is 0 Å². The van der Waals surface area contributed by atoms with E-state index in [1.165, 1.54) is 0 Å². The number of nitrogens with one attached hydrogen (secondary N) is 2. The largest absolute Gasteiger partial charge is 0.411 e. The Kier molecular flexibility index (Phi) is 8.84. The molecule has 0 atom stereocenters. The van der Waals surface area contributed by atoms with Gasteiger partial charge in [0.2, 0.25) is 0 Å². The van der Waals surface area contributed by atoms with Crippen molar-refractivity contribution in [1.82, 2.24) is 25.2 Å². The van der Waals surface area contributed by atoms with Gasteiger partial charge in [0.25, 0.3) is 0 Å². The molecule has 0 bridgehead atoms. The van der Waals surface area contributed by atoms with Crippen LogP contribution in [0.1, 0.15) is 17.0 Å². The summed E-state index contributed by atoms with van der Waals surface area (Å²) in [5.41, 5.74) is 2.41. The van der Waals surface area contributed by atoms with Gasteiger partial charge in [-0.05, 0) is 23.3 Å². The smallest absolute Gasteiger partial charge is 0.367 e. The highest BCUT2D eigenvalue weighted by atomic mass is 127. The third kappa shape index (κ3) is 7.13. The van der Waals surface area contributed by atoms with Gasteiger partial charge in [-0.3, -0.25) is 9.39 Å². The zero-order valence-corrected chi connectivity index (χ0v) is 18.5. The SMILES string of the molecule is CN=C(NCc1ccc(COCC(F)(F)F)cc1)NCc1nnc2ccccn12.I. The van der Waals surface area contributed by atoms with E-state index < -0.39 is 12.8 Å². The fraction of sp³-hybridized carbons (Fsp3) is 0.316. The lowest BCUT2D eigenvalue weighted by Gasteiger charge is -2.12. The number of hydrogen-bond acceptors (Lipinski definition) is 4. The molecule has 0 fully saturated rings. The quantitative estimate of drug-likeness (QED) is 0.277. The molecule has 0 aliphatic carbocycles. The predicted octanol–water partition coefficient (Wildman–Crippen LogP) is 3.29. The summed E-state index contributed by atoms with van der Waals surface area (Å²) in [6, 6.07) is 12.8. The van der Waals surface area contributed by atoms with Gasteiger partial charge in [0, 0.05) is 19.8 Å². The lowest BCUT2D eigenvalue weighted by Crippen LogP contribution is -2.36. The third-order valence-corrected chi connectivity index (χ3v) is 4.04. The summed E-state index contributed by atoms with van der Waals surface area (Å²) < 4.78 is 42.9. The average molecular weight is 534 g/mol. The maximum Gasteiger partial charge on any atom is 0.411 e. The Morgan fingerprint density at radius 1 is 1.03 bits per heavy atom. The van der Waals surface area contributed by atoms with Crippen LogP contribution in [-0.4, -0.2) is 40.4 Å². The van der Waals surface area contributed by atoms with Crippen LogP contribution in [0.15, 0.2) is 53.7 Å². The van der Waals surface area contributed by atoms with Crippen molar-refractivity contribution in [2.45, 2.75) is 25.9 Å². The number of nitrogens with zero attached hydrogens (tertiary/aromatic N) is 4. The summed E-state index contributed by atoms with van der Waals surface area (Å²) in [5, 5.41) is 14.6. The van der Waals surface area contributed by atoms with Crippen molar-refractivity contribution in [3.05, 3.63) is 65.6 Å². The van der Waals surface area contributed by atoms with E-state index in [1.807, 2.05) is 40.9 Å². The molecule has 2 N–H and O–H groups in total. The van der Waals surface area contributed by atoms with E-state index in [1.54, 1.807) is 19.2 Å². The van der Waals surface area contributed by atoms with Crippen molar-refractivity contribution in [3.63, 3.8) is 0 Å². The van der Waals surface area contributed by atoms with Crippen LogP contribution in [-0.2, 0) is 24.4 Å². The minimum atomic E-state index is -4.31. The molecule has 0 aliphatic rings. The highest BCUT2D eigenvalue weighted by Gasteiger charge is 2.27. The minimum absolute atomic E-state index is 0. The lowest BCUT2D eigenvalue weighted by atomic mass is 10.1. The van der Waals surface area contributed by atoms with Crippen LogP contribution in [0.5, 0.6) is 0 Å². The van der Waals surface area contributed by atoms with E-state index in [-0.39, 0.29) is 30.6 Å². The van der Waals surface area contributed by atoms with Crippen molar-refractivity contribution < 1.29 is 17.9 Å². The Balaban J connectivity index is 0.00000320. The number of benzene rings is 1. The van der Waals surface area contributed by atoms with Gasteiger partial charge in [0.1, 0.15) is 6.61 Å². The van der Waals surface area contributed by atoms with Crippen LogP contribution in [0.25, 0.3) is 5.65 Å². The topological polar surface area (TPSA) is 75.8 Å². The van der Waals surface area contributed by atoms with Gasteiger partial charge in [-0.15, -0.1) is 34.2 Å². The first-order chi connectivity index (χ1) is 13.9. The Bertz CT molecular complexity index is 959. The third-order valence-electron chi connectivity index (χ3n) is 4.04. The van der Waals surface area contributed by atoms with E-state index in [0.29, 0.717) is 24.6 Å². The molecule has 1 aromatic carbocycles. The molecule has 3 rings (SSSR count). The molecule has 0 amide bonds. The Morgan fingerprint density at radius 3 is 2.43 bits per heavy atom. The number of ether oxygens (including phenoxy) is 1. The van der Waals surface area contributed by atoms with Crippen molar-refractivity contribution in [2.75, 3.05) is 13.7 Å². The number of halogens is 4. The fourth-order valence-electron chi connectivity index (χ4n) is 2.62. The van der Waals surface area contributed by atoms with Crippen LogP contribution in [0.4, 0.5) is 13.2 Å². The molecule has 0 radical (unpaired) electrons. The zero-order chi connectivity index (χ0) is 20.7. The van der Waals surface area contributed by atoms with Gasteiger partial charge in [-0.2, -0.15) is 13.2 Å². The van der Waals surface area contributed by atoms with E-state index in [4.69, 9.17) is 0 Å². The summed E-state index contributed by atoms with van der Waals surface area (Å²) in [7, 11) is 1.67. The molecular formula is C19H22F3IN6O. The lowest BCUT2D eigenvalue weighted by molar-refractivity contribution is -0.176. The van der Waals surface area contributed by atoms with Crippen LogP contribution < -0.4 is 10.6 Å². The van der Waals surface area contributed by atoms with Crippen molar-refractivity contribution in [2.24, 2.45) is 4.99 Å². The van der Waals surface area contributed by atoms with E-state index in [2.05, 4.69) is 30.6 Å². The first-order valence-electron chi connectivity index (χ1n) is 8.90. The minimum Gasteiger partial charge on any atom is -0.367 e. The number of pyridine rings is 1. The highest BCUT2D eigenvalue weighted by Crippen LogP contribution is 2.15. The van der Waals surface area contributed by atoms with E-state index in [0.717, 1.165) is 17.0 Å². The summed E-state index contributed by atoms with van der Waals surface area (Å²) in [5.74, 6) is 1.35. The van der Waals surface area contributed by atoms with Gasteiger partial charge < -0.3 is 15.4 Å². The van der Waals surface area contributed by atoms with Gasteiger partial charge in [0.05, 0.1) is 13.2 Å². The maximum atomic E-state index is 12.1. The number of aromatic nitrogens is 3. The molecule has 11 heteroatoms. The first-order valence-corrected chi connectivity index (χ1v) is 8.90. The van der Waals surface area contributed by atoms with Gasteiger partial charge in [0.15, 0.2) is 17.4 Å². The van der Waals surface area contributed by atoms with Gasteiger partial charge in [-0.1, -0.05) is 30.3 Å². The van der Waals surface area contributed by atoms with E-state index >= 15 is 0 Å². The fourth-order valence-corrected chi connectivity index (χ4v) is 2.62. The summed E-state index contributed by atoms with van der Waals surface area (Å²) in [6.45, 7) is -0.382. The molecule has 0 spiro atoms. The van der Waals surface area contributed by atoms with Crippen molar-refractivity contribution >= 4 is 35.6 Å². The molecule has 7 nitrogen and oxygen atoms in total. The molecule has 30 heavy (non-hydrogen) atoms. The van der Waals surface area contributed by atoms with Crippen LogP contribution in [0, 0.1) is 0 Å². The number of hydrogen-bond donors (Lipinski definition) is 2. The van der Waals surface area contributed by atoms with Gasteiger partial charge >= 0.3 is 6.18 Å². The second-order valence-corrected chi connectivity index (χ2v) is 6.25. The molecule has 2 heterocycles. The molecule has 0 unspecified atom stereocenters. The second-order valence-electron chi connectivity index (χ2n) is 6.25. The molecule has 0 saturated heterocycles. The monoisotopic (exact) mass is 534 g/mol. The second kappa shape index (κ2) is 11.1. The normalized spacial score (nSPS) is 11.9. The predicted molar refractivity (Wildman–Crippen MR) is 118 cm³/mol. The molecule has 0 aliphatic heterocycles. The van der Waals surface area contributed by atoms with Crippen LogP contribution in [0.2, 0.25) is 0 Å². The highest BCUT2D eigenvalue weighted by molar-refractivity contribution is 14.0. The Morgan fingerprint density at radius 2 is 1.73 bits per heavy atom. The molecule has 3 aromatic rings. The standard InChI is InChI=1S/C19H21F3N6O.HI/c1-23-18(25-11-17-27-26-16-4-2-3-9-28(16)17)24-10-14-5-7-15(8-6-14)12-29-13-19(20,21)22;/h2-9H,10-13H2,1H3,(H2,23,24,25);1H. The zero-order valence-electron chi connectivity index (χ0n) is 16.2. The van der Waals surface area contributed by atoms with Crippen molar-refractivity contribution in [3.8, 4) is 0 Å². The Hall–Kier alpha value is -2.41. The number of alkyl halides is 3. The first kappa shape index (κ1) is 23.9. The number of fused-ring (bicyclic) bond motifs is 1. The number of guanidine groups is 1. The number of rotatable bonds is 7. The molecule has 2 aromatic heterocycles. The molecular weight excluding hydrogens is 512 g/mol. The van der Waals surface area contributed by atoms with Gasteiger partial charge in [-0.25, -0.2) is 0 Å². The van der Waals surface area contributed by atoms with E-state index in [9.17, 15) is 13.2 Å². The molecule has 0 saturated carbocycles.